The smallest absolute Gasteiger partial charge is 0.0933 e. The highest BCUT2D eigenvalue weighted by Gasteiger charge is 2.19. The lowest BCUT2D eigenvalue weighted by Crippen LogP contribution is -2.34. The average molecular weight is 234 g/mol. The molecule has 2 nitrogen and oxygen atoms in total. The van der Waals surface area contributed by atoms with E-state index >= 15 is 0 Å². The molecule has 2 aliphatic heterocycles. The first-order chi connectivity index (χ1) is 7.65. The van der Waals surface area contributed by atoms with Gasteiger partial charge in [0.1, 0.15) is 0 Å². The van der Waals surface area contributed by atoms with Gasteiger partial charge in [-0.3, -0.25) is 0 Å². The number of thioether (sulfide) groups is 1. The van der Waals surface area contributed by atoms with Crippen molar-refractivity contribution in [3.63, 3.8) is 0 Å². The molecule has 0 atom stereocenters. The van der Waals surface area contributed by atoms with E-state index in [0.29, 0.717) is 0 Å². The number of fused-ring (bicyclic) bond motifs is 2. The third-order valence-corrected chi connectivity index (χ3v) is 3.55. The van der Waals surface area contributed by atoms with Gasteiger partial charge in [0.15, 0.2) is 0 Å². The molecular weight excluding hydrogens is 216 g/mol. The fraction of sp³-hybridized carbons (Fsp3) is 0.462. The zero-order valence-electron chi connectivity index (χ0n) is 10.2. The van der Waals surface area contributed by atoms with Gasteiger partial charge in [-0.1, -0.05) is 17.7 Å². The van der Waals surface area contributed by atoms with Crippen molar-refractivity contribution in [1.82, 2.24) is 4.90 Å². The fourth-order valence-corrected chi connectivity index (χ4v) is 2.64. The van der Waals surface area contributed by atoms with Gasteiger partial charge in [-0.2, -0.15) is 0 Å². The lowest BCUT2D eigenvalue weighted by molar-refractivity contribution is 0.443. The van der Waals surface area contributed by atoms with Crippen LogP contribution in [-0.4, -0.2) is 28.8 Å². The largest absolute Gasteiger partial charge is 0.368 e. The van der Waals surface area contributed by atoms with Gasteiger partial charge >= 0.3 is 0 Å². The van der Waals surface area contributed by atoms with Crippen LogP contribution in [0.2, 0.25) is 0 Å². The van der Waals surface area contributed by atoms with Crippen molar-refractivity contribution in [2.45, 2.75) is 20.8 Å². The molecule has 16 heavy (non-hydrogen) atoms. The minimum Gasteiger partial charge on any atom is -0.368 e. The minimum absolute atomic E-state index is 1.00. The molecule has 0 aliphatic carbocycles. The third kappa shape index (κ3) is 2.79. The van der Waals surface area contributed by atoms with E-state index in [1.54, 1.807) is 0 Å². The molecule has 0 radical (unpaired) electrons. The second-order valence-electron chi connectivity index (χ2n) is 4.43. The van der Waals surface area contributed by atoms with Crippen LogP contribution in [0.5, 0.6) is 0 Å². The SMILES string of the molecule is CC(C)=C/C=C(\C)C1=CN2CCSC(=N1)C2. The van der Waals surface area contributed by atoms with E-state index in [2.05, 4.69) is 49.0 Å². The summed E-state index contributed by atoms with van der Waals surface area (Å²) in [5.74, 6) is 1.17. The summed E-state index contributed by atoms with van der Waals surface area (Å²) < 4.78 is 0. The molecule has 0 N–H and O–H groups in total. The average Bonchev–Trinajstić information content (AvgIpc) is 2.25. The molecule has 2 aliphatic rings. The molecule has 2 rings (SSSR count). The number of nitrogens with zero attached hydrogens (tertiary/aromatic N) is 2. The number of hydrogen-bond donors (Lipinski definition) is 0. The van der Waals surface area contributed by atoms with Crippen molar-refractivity contribution in [2.24, 2.45) is 4.99 Å². The number of allylic oxidation sites excluding steroid dienone is 4. The Kier molecular flexibility index (Phi) is 3.54. The molecule has 1 fully saturated rings. The highest BCUT2D eigenvalue weighted by Crippen LogP contribution is 2.24. The highest BCUT2D eigenvalue weighted by atomic mass is 32.2. The zero-order chi connectivity index (χ0) is 11.5. The topological polar surface area (TPSA) is 15.6 Å². The lowest BCUT2D eigenvalue weighted by Gasteiger charge is -2.30. The van der Waals surface area contributed by atoms with Crippen LogP contribution in [0.25, 0.3) is 0 Å². The summed E-state index contributed by atoms with van der Waals surface area (Å²) in [6.45, 7) is 8.49. The Morgan fingerprint density at radius 1 is 1.38 bits per heavy atom. The first kappa shape index (κ1) is 11.5. The van der Waals surface area contributed by atoms with E-state index in [4.69, 9.17) is 0 Å². The van der Waals surface area contributed by atoms with Gasteiger partial charge in [-0.15, -0.1) is 11.8 Å². The molecule has 0 spiro atoms. The Balaban J connectivity index is 2.19. The second kappa shape index (κ2) is 4.91. The van der Waals surface area contributed by atoms with Crippen LogP contribution in [-0.2, 0) is 0 Å². The Bertz CT molecular complexity index is 398. The first-order valence-corrected chi connectivity index (χ1v) is 6.62. The van der Waals surface area contributed by atoms with Crippen LogP contribution in [0.1, 0.15) is 20.8 Å². The summed E-state index contributed by atoms with van der Waals surface area (Å²) in [5, 5.41) is 1.26. The standard InChI is InChI=1S/C13H18N2S/c1-10(2)4-5-11(3)12-8-15-6-7-16-13(9-15)14-12/h4-5,8H,6-7,9H2,1-3H3/b11-5+. The quantitative estimate of drug-likeness (QED) is 0.682. The van der Waals surface area contributed by atoms with Crippen molar-refractivity contribution >= 4 is 16.8 Å². The Morgan fingerprint density at radius 3 is 2.88 bits per heavy atom. The number of rotatable bonds is 2. The van der Waals surface area contributed by atoms with Gasteiger partial charge in [-0.25, -0.2) is 4.99 Å². The van der Waals surface area contributed by atoms with Crippen LogP contribution in [0.3, 0.4) is 0 Å². The summed E-state index contributed by atoms with van der Waals surface area (Å²) in [6.07, 6.45) is 6.48. The summed E-state index contributed by atoms with van der Waals surface area (Å²) in [5.41, 5.74) is 3.68. The molecule has 1 saturated heterocycles. The third-order valence-electron chi connectivity index (χ3n) is 2.61. The molecule has 0 unspecified atom stereocenters. The summed E-state index contributed by atoms with van der Waals surface area (Å²) >= 11 is 1.89. The predicted octanol–water partition coefficient (Wildman–Crippen LogP) is 3.20. The van der Waals surface area contributed by atoms with Gasteiger partial charge < -0.3 is 4.90 Å². The highest BCUT2D eigenvalue weighted by molar-refractivity contribution is 8.14. The van der Waals surface area contributed by atoms with Crippen LogP contribution >= 0.6 is 11.8 Å². The van der Waals surface area contributed by atoms with Crippen LogP contribution in [0.4, 0.5) is 0 Å². The molecule has 0 aromatic rings. The molecule has 0 aromatic carbocycles. The molecule has 86 valence electrons. The van der Waals surface area contributed by atoms with Crippen LogP contribution < -0.4 is 0 Å². The maximum absolute atomic E-state index is 4.68. The Labute approximate surface area is 102 Å². The van der Waals surface area contributed by atoms with E-state index in [-0.39, 0.29) is 0 Å². The van der Waals surface area contributed by atoms with Crippen molar-refractivity contribution in [2.75, 3.05) is 18.8 Å². The summed E-state index contributed by atoms with van der Waals surface area (Å²) in [7, 11) is 0. The molecule has 0 aromatic heterocycles. The number of hydrogen-bond acceptors (Lipinski definition) is 3. The number of aliphatic imine (C=N–C) groups is 1. The van der Waals surface area contributed by atoms with Crippen molar-refractivity contribution in [3.8, 4) is 0 Å². The maximum Gasteiger partial charge on any atom is 0.0933 e. The van der Waals surface area contributed by atoms with E-state index < -0.39 is 0 Å². The van der Waals surface area contributed by atoms with Crippen LogP contribution in [0, 0.1) is 0 Å². The summed E-state index contributed by atoms with van der Waals surface area (Å²) in [4.78, 5) is 7.04. The minimum atomic E-state index is 1.00. The van der Waals surface area contributed by atoms with E-state index in [1.807, 2.05) is 11.8 Å². The van der Waals surface area contributed by atoms with E-state index in [9.17, 15) is 0 Å². The normalized spacial score (nSPS) is 20.2. The van der Waals surface area contributed by atoms with E-state index in [0.717, 1.165) is 18.8 Å². The molecule has 2 bridgehead atoms. The van der Waals surface area contributed by atoms with Gasteiger partial charge in [0.2, 0.25) is 0 Å². The molecule has 3 heteroatoms. The first-order valence-electron chi connectivity index (χ1n) is 5.63. The van der Waals surface area contributed by atoms with E-state index in [1.165, 1.54) is 21.9 Å². The monoisotopic (exact) mass is 234 g/mol. The molecule has 2 heterocycles. The van der Waals surface area contributed by atoms with Crippen molar-refractivity contribution in [3.05, 3.63) is 35.2 Å². The Morgan fingerprint density at radius 2 is 2.19 bits per heavy atom. The van der Waals surface area contributed by atoms with Gasteiger partial charge in [0.25, 0.3) is 0 Å². The zero-order valence-corrected chi connectivity index (χ0v) is 11.0. The molecule has 0 saturated carbocycles. The fourth-order valence-electron chi connectivity index (χ4n) is 1.66. The van der Waals surface area contributed by atoms with Crippen LogP contribution in [0.15, 0.2) is 40.2 Å². The predicted molar refractivity (Wildman–Crippen MR) is 72.7 cm³/mol. The lowest BCUT2D eigenvalue weighted by atomic mass is 10.2. The molecular formula is C13H18N2S. The van der Waals surface area contributed by atoms with Gasteiger partial charge in [0.05, 0.1) is 17.3 Å². The molecule has 0 amide bonds. The van der Waals surface area contributed by atoms with Crippen molar-refractivity contribution in [1.29, 1.82) is 0 Å². The van der Waals surface area contributed by atoms with Gasteiger partial charge in [0, 0.05) is 18.5 Å². The second-order valence-corrected chi connectivity index (χ2v) is 5.60. The summed E-state index contributed by atoms with van der Waals surface area (Å²) in [6, 6.07) is 0. The van der Waals surface area contributed by atoms with Gasteiger partial charge in [-0.05, 0) is 26.3 Å². The Hall–Kier alpha value is -0.960. The van der Waals surface area contributed by atoms with Crippen molar-refractivity contribution < 1.29 is 0 Å². The maximum atomic E-state index is 4.68.